The Morgan fingerprint density at radius 1 is 0.939 bits per heavy atom. The predicted molar refractivity (Wildman–Crippen MR) is 131 cm³/mol. The minimum absolute atomic E-state index is 0.218. The number of rotatable bonds is 5. The van der Waals surface area contributed by atoms with Crippen molar-refractivity contribution in [2.45, 2.75) is 6.92 Å². The number of amides is 1. The van der Waals surface area contributed by atoms with Crippen LogP contribution in [0.5, 0.6) is 0 Å². The van der Waals surface area contributed by atoms with Crippen LogP contribution >= 0.6 is 0 Å². The molecule has 0 radical (unpaired) electrons. The highest BCUT2D eigenvalue weighted by atomic mass is 16.1. The molecule has 0 aliphatic rings. The Bertz CT molecular complexity index is 1470. The molecule has 1 amide bonds. The number of nitrogens with zero attached hydrogens (tertiary/aromatic N) is 4. The van der Waals surface area contributed by atoms with Crippen LogP contribution in [-0.2, 0) is 7.05 Å². The second kappa shape index (κ2) is 8.55. The molecule has 7 heteroatoms. The molecule has 0 fully saturated rings. The first kappa shape index (κ1) is 20.4. The summed E-state index contributed by atoms with van der Waals surface area (Å²) in [6.45, 7) is 2.02. The summed E-state index contributed by atoms with van der Waals surface area (Å²) in [7, 11) is 1.86. The van der Waals surface area contributed by atoms with Crippen molar-refractivity contribution >= 4 is 33.9 Å². The molecule has 0 bridgehead atoms. The number of benzene rings is 2. The Labute approximate surface area is 191 Å². The Balaban J connectivity index is 1.55. The summed E-state index contributed by atoms with van der Waals surface area (Å²) in [6.07, 6.45) is 8.90. The zero-order valence-corrected chi connectivity index (χ0v) is 18.3. The van der Waals surface area contributed by atoms with Gasteiger partial charge in [0.2, 0.25) is 0 Å². The zero-order chi connectivity index (χ0) is 22.8. The van der Waals surface area contributed by atoms with E-state index in [0.29, 0.717) is 17.1 Å². The number of pyridine rings is 2. The van der Waals surface area contributed by atoms with Gasteiger partial charge in [-0.1, -0.05) is 30.3 Å². The van der Waals surface area contributed by atoms with Crippen molar-refractivity contribution in [1.82, 2.24) is 19.7 Å². The SMILES string of the molecule is Cc1ccccc1Nc1ncc(-c2cnn(C)c2)cc1NC(=O)c1cccc2cnccc12. The highest BCUT2D eigenvalue weighted by Crippen LogP contribution is 2.30. The van der Waals surface area contributed by atoms with Gasteiger partial charge in [-0.25, -0.2) is 4.98 Å². The summed E-state index contributed by atoms with van der Waals surface area (Å²) in [5.41, 5.74) is 4.93. The van der Waals surface area contributed by atoms with Gasteiger partial charge in [-0.3, -0.25) is 14.5 Å². The van der Waals surface area contributed by atoms with Gasteiger partial charge in [0.05, 0.1) is 11.9 Å². The fraction of sp³-hybridized carbons (Fsp3) is 0.0769. The molecule has 0 aliphatic heterocycles. The van der Waals surface area contributed by atoms with Crippen LogP contribution in [-0.4, -0.2) is 25.7 Å². The topological polar surface area (TPSA) is 84.7 Å². The van der Waals surface area contributed by atoms with Crippen LogP contribution in [0.15, 0.2) is 85.6 Å². The Morgan fingerprint density at radius 3 is 2.64 bits per heavy atom. The fourth-order valence-electron chi connectivity index (χ4n) is 3.74. The Hall–Kier alpha value is -4.52. The van der Waals surface area contributed by atoms with Crippen molar-refractivity contribution < 1.29 is 4.79 Å². The minimum atomic E-state index is -0.218. The van der Waals surface area contributed by atoms with Crippen LogP contribution < -0.4 is 10.6 Å². The van der Waals surface area contributed by atoms with Gasteiger partial charge in [0.25, 0.3) is 5.91 Å². The molecule has 0 saturated carbocycles. The van der Waals surface area contributed by atoms with E-state index in [1.165, 1.54) is 0 Å². The van der Waals surface area contributed by atoms with E-state index in [9.17, 15) is 4.79 Å². The Kier molecular flexibility index (Phi) is 5.28. The van der Waals surface area contributed by atoms with Gasteiger partial charge in [0.1, 0.15) is 0 Å². The standard InChI is InChI=1S/C26H22N6O/c1-17-6-3-4-9-23(17)30-25-24(12-19(14-28-25)20-15-29-32(2)16-20)31-26(33)22-8-5-7-18-13-27-11-10-21(18)22/h3-16H,1-2H3,(H,28,30)(H,31,33). The molecular weight excluding hydrogens is 412 g/mol. The zero-order valence-electron chi connectivity index (χ0n) is 18.3. The van der Waals surface area contributed by atoms with E-state index >= 15 is 0 Å². The molecule has 3 heterocycles. The largest absolute Gasteiger partial charge is 0.338 e. The maximum absolute atomic E-state index is 13.3. The van der Waals surface area contributed by atoms with E-state index in [1.807, 2.05) is 74.8 Å². The lowest BCUT2D eigenvalue weighted by atomic mass is 10.1. The van der Waals surface area contributed by atoms with E-state index in [4.69, 9.17) is 0 Å². The van der Waals surface area contributed by atoms with E-state index in [-0.39, 0.29) is 5.91 Å². The third-order valence-electron chi connectivity index (χ3n) is 5.50. The number of para-hydroxylation sites is 1. The molecule has 2 N–H and O–H groups in total. The lowest BCUT2D eigenvalue weighted by molar-refractivity contribution is 0.102. The third-order valence-corrected chi connectivity index (χ3v) is 5.50. The van der Waals surface area contributed by atoms with E-state index < -0.39 is 0 Å². The van der Waals surface area contributed by atoms with Crippen molar-refractivity contribution in [3.8, 4) is 11.1 Å². The van der Waals surface area contributed by atoms with Crippen LogP contribution in [0.1, 0.15) is 15.9 Å². The van der Waals surface area contributed by atoms with Crippen LogP contribution in [0.3, 0.4) is 0 Å². The molecule has 3 aromatic heterocycles. The van der Waals surface area contributed by atoms with Gasteiger partial charge < -0.3 is 10.6 Å². The average molecular weight is 435 g/mol. The normalized spacial score (nSPS) is 10.8. The van der Waals surface area contributed by atoms with Crippen molar-refractivity contribution in [2.24, 2.45) is 7.05 Å². The summed E-state index contributed by atoms with van der Waals surface area (Å²) in [4.78, 5) is 22.1. The molecular formula is C26H22N6O. The highest BCUT2D eigenvalue weighted by Gasteiger charge is 2.15. The molecule has 5 rings (SSSR count). The summed E-state index contributed by atoms with van der Waals surface area (Å²) < 4.78 is 1.73. The quantitative estimate of drug-likeness (QED) is 0.390. The molecule has 0 unspecified atom stereocenters. The van der Waals surface area contributed by atoms with Gasteiger partial charge in [-0.05, 0) is 42.1 Å². The number of fused-ring (bicyclic) bond motifs is 1. The average Bonchev–Trinajstić information content (AvgIpc) is 3.27. The monoisotopic (exact) mass is 434 g/mol. The number of hydrogen-bond donors (Lipinski definition) is 2. The number of anilines is 3. The molecule has 5 aromatic rings. The summed E-state index contributed by atoms with van der Waals surface area (Å²) in [5.74, 6) is 0.344. The lowest BCUT2D eigenvalue weighted by Crippen LogP contribution is -2.14. The molecule has 33 heavy (non-hydrogen) atoms. The van der Waals surface area contributed by atoms with Gasteiger partial charge in [0, 0.05) is 59.6 Å². The van der Waals surface area contributed by atoms with Crippen LogP contribution in [0, 0.1) is 6.92 Å². The molecule has 0 spiro atoms. The first-order chi connectivity index (χ1) is 16.1. The number of nitrogens with one attached hydrogen (secondary N) is 2. The third kappa shape index (κ3) is 4.16. The second-order valence-electron chi connectivity index (χ2n) is 7.82. The maximum Gasteiger partial charge on any atom is 0.256 e. The first-order valence-electron chi connectivity index (χ1n) is 10.5. The lowest BCUT2D eigenvalue weighted by Gasteiger charge is -2.15. The van der Waals surface area contributed by atoms with Gasteiger partial charge in [0.15, 0.2) is 5.82 Å². The van der Waals surface area contributed by atoms with Gasteiger partial charge >= 0.3 is 0 Å². The molecule has 7 nitrogen and oxygen atoms in total. The van der Waals surface area contributed by atoms with Crippen LogP contribution in [0.2, 0.25) is 0 Å². The van der Waals surface area contributed by atoms with Crippen LogP contribution in [0.25, 0.3) is 21.9 Å². The summed E-state index contributed by atoms with van der Waals surface area (Å²) >= 11 is 0. The predicted octanol–water partition coefficient (Wildman–Crippen LogP) is 5.33. The van der Waals surface area contributed by atoms with Crippen molar-refractivity contribution in [3.05, 3.63) is 96.7 Å². The van der Waals surface area contributed by atoms with Crippen molar-refractivity contribution in [3.63, 3.8) is 0 Å². The molecule has 2 aromatic carbocycles. The number of aromatic nitrogens is 4. The molecule has 0 aliphatic carbocycles. The summed E-state index contributed by atoms with van der Waals surface area (Å²) in [6, 6.07) is 17.3. The number of carbonyl (C=O) groups excluding carboxylic acids is 1. The van der Waals surface area contributed by atoms with Gasteiger partial charge in [-0.15, -0.1) is 0 Å². The fourth-order valence-corrected chi connectivity index (χ4v) is 3.74. The first-order valence-corrected chi connectivity index (χ1v) is 10.5. The maximum atomic E-state index is 13.3. The smallest absolute Gasteiger partial charge is 0.256 e. The molecule has 162 valence electrons. The highest BCUT2D eigenvalue weighted by molar-refractivity contribution is 6.13. The number of carbonyl (C=O) groups is 1. The van der Waals surface area contributed by atoms with Gasteiger partial charge in [-0.2, -0.15) is 5.10 Å². The second-order valence-corrected chi connectivity index (χ2v) is 7.82. The van der Waals surface area contributed by atoms with Crippen molar-refractivity contribution in [1.29, 1.82) is 0 Å². The minimum Gasteiger partial charge on any atom is -0.338 e. The summed E-state index contributed by atoms with van der Waals surface area (Å²) in [5, 5.41) is 12.4. The van der Waals surface area contributed by atoms with Crippen LogP contribution in [0.4, 0.5) is 17.2 Å². The van der Waals surface area contributed by atoms with E-state index in [2.05, 4.69) is 25.7 Å². The number of hydrogen-bond acceptors (Lipinski definition) is 5. The Morgan fingerprint density at radius 2 is 1.82 bits per heavy atom. The van der Waals surface area contributed by atoms with E-state index in [0.717, 1.165) is 33.2 Å². The number of aryl methyl sites for hydroxylation is 2. The van der Waals surface area contributed by atoms with Crippen molar-refractivity contribution in [2.75, 3.05) is 10.6 Å². The molecule has 0 saturated heterocycles. The van der Waals surface area contributed by atoms with E-state index in [1.54, 1.807) is 29.5 Å². The molecule has 0 atom stereocenters.